The Balaban J connectivity index is 4.80. The lowest BCUT2D eigenvalue weighted by atomic mass is 10.1. The normalized spacial score (nSPS) is 14.8. The smallest absolute Gasteiger partial charge is 0.251 e. The lowest BCUT2D eigenvalue weighted by Gasteiger charge is -2.23. The molecule has 0 aromatic rings. The van der Waals surface area contributed by atoms with E-state index >= 15 is 0 Å². The molecule has 0 aliphatic heterocycles. The highest BCUT2D eigenvalue weighted by atomic mass is 19.3. The topological polar surface area (TPSA) is 0 Å². The van der Waals surface area contributed by atoms with Crippen molar-refractivity contribution in [3.8, 4) is 0 Å². The number of hydrogen-bond donors (Lipinski definition) is 0. The molecule has 0 aliphatic carbocycles. The van der Waals surface area contributed by atoms with Crippen LogP contribution in [0, 0.1) is 0 Å². The van der Waals surface area contributed by atoms with E-state index in [0.717, 1.165) is 0 Å². The fourth-order valence-corrected chi connectivity index (χ4v) is 0.519. The maximum absolute atomic E-state index is 12.2. The van der Waals surface area contributed by atoms with Gasteiger partial charge in [0.2, 0.25) is 5.83 Å². The van der Waals surface area contributed by atoms with Crippen LogP contribution < -0.4 is 0 Å². The first-order valence-electron chi connectivity index (χ1n) is 3.07. The zero-order valence-electron chi connectivity index (χ0n) is 6.14. The molecule has 13 heavy (non-hydrogen) atoms. The molecule has 0 rings (SSSR count). The minimum absolute atomic E-state index is 1.27. The molecular weight excluding hydrogens is 205 g/mol. The van der Waals surface area contributed by atoms with Gasteiger partial charge in [-0.05, 0) is 0 Å². The fourth-order valence-electron chi connectivity index (χ4n) is 0.519. The van der Waals surface area contributed by atoms with Gasteiger partial charge < -0.3 is 0 Å². The number of rotatable bonds is 4. The van der Waals surface area contributed by atoms with Crippen LogP contribution in [0.4, 0.5) is 30.7 Å². The predicted molar refractivity (Wildman–Crippen MR) is 30.8 cm³/mol. The van der Waals surface area contributed by atoms with E-state index in [1.54, 1.807) is 0 Å². The molecule has 0 heterocycles. The fraction of sp³-hybridized carbons (Fsp3) is 0.667. The van der Waals surface area contributed by atoms with E-state index in [4.69, 9.17) is 0 Å². The maximum Gasteiger partial charge on any atom is 0.363 e. The summed E-state index contributed by atoms with van der Waals surface area (Å²) < 4.78 is 83.2. The van der Waals surface area contributed by atoms with Gasteiger partial charge in [0.05, 0.1) is 6.67 Å². The van der Waals surface area contributed by atoms with Gasteiger partial charge in [0, 0.05) is 6.42 Å². The molecule has 0 saturated carbocycles. The van der Waals surface area contributed by atoms with Crippen LogP contribution in [-0.2, 0) is 0 Å². The highest BCUT2D eigenvalue weighted by molar-refractivity contribution is 5.07. The van der Waals surface area contributed by atoms with Gasteiger partial charge in [-0.15, -0.1) is 0 Å². The predicted octanol–water partition coefficient (Wildman–Crippen LogP) is 3.40. The summed E-state index contributed by atoms with van der Waals surface area (Å²) in [6, 6.07) is 0. The Hall–Kier alpha value is -0.750. The van der Waals surface area contributed by atoms with Crippen molar-refractivity contribution in [2.24, 2.45) is 0 Å². The quantitative estimate of drug-likeness (QED) is 0.624. The third-order valence-electron chi connectivity index (χ3n) is 1.26. The summed E-state index contributed by atoms with van der Waals surface area (Å²) in [6.45, 7) is -1.75. The van der Waals surface area contributed by atoms with Gasteiger partial charge in [-0.3, -0.25) is 4.39 Å². The molecule has 0 aliphatic rings. The lowest BCUT2D eigenvalue weighted by molar-refractivity contribution is -0.199. The Morgan fingerprint density at radius 2 is 1.62 bits per heavy atom. The summed E-state index contributed by atoms with van der Waals surface area (Å²) in [4.78, 5) is 0. The molecule has 78 valence electrons. The lowest BCUT2D eigenvalue weighted by Crippen LogP contribution is -2.41. The molecule has 0 atom stereocenters. The zero-order valence-corrected chi connectivity index (χ0v) is 6.14. The average molecular weight is 210 g/mol. The molecule has 0 amide bonds. The largest absolute Gasteiger partial charge is 0.363 e. The van der Waals surface area contributed by atoms with E-state index in [-0.39, 0.29) is 0 Å². The molecule has 7 heteroatoms. The second-order valence-corrected chi connectivity index (χ2v) is 2.17. The minimum atomic E-state index is -5.30. The third kappa shape index (κ3) is 2.35. The van der Waals surface area contributed by atoms with Crippen LogP contribution in [0.2, 0.25) is 0 Å². The van der Waals surface area contributed by atoms with Crippen molar-refractivity contribution >= 4 is 0 Å². The first-order valence-corrected chi connectivity index (χ1v) is 3.07. The van der Waals surface area contributed by atoms with Crippen molar-refractivity contribution in [2.75, 3.05) is 6.67 Å². The van der Waals surface area contributed by atoms with E-state index in [9.17, 15) is 30.7 Å². The monoisotopic (exact) mass is 210 g/mol. The van der Waals surface area contributed by atoms with E-state index < -0.39 is 37.1 Å². The van der Waals surface area contributed by atoms with Crippen molar-refractivity contribution in [3.05, 3.63) is 12.2 Å². The van der Waals surface area contributed by atoms with Gasteiger partial charge in [-0.25, -0.2) is 8.78 Å². The Morgan fingerprint density at radius 3 is 1.92 bits per heavy atom. The molecule has 0 spiro atoms. The molecule has 0 radical (unpaired) electrons. The van der Waals surface area contributed by atoms with Crippen LogP contribution in [0.15, 0.2) is 12.2 Å². The van der Waals surface area contributed by atoms with E-state index in [2.05, 4.69) is 0 Å². The Morgan fingerprint density at radius 1 is 1.15 bits per heavy atom. The Bertz CT molecular complexity index is 195. The summed E-state index contributed by atoms with van der Waals surface area (Å²) in [5, 5.41) is 0. The molecule has 0 bridgehead atoms. The third-order valence-corrected chi connectivity index (χ3v) is 1.26. The molecule has 0 aromatic carbocycles. The molecule has 0 unspecified atom stereocenters. The highest BCUT2D eigenvalue weighted by Crippen LogP contribution is 2.42. The summed E-state index contributed by atoms with van der Waals surface area (Å²) in [5.41, 5.74) is 0. The van der Waals surface area contributed by atoms with E-state index in [1.165, 1.54) is 0 Å². The second-order valence-electron chi connectivity index (χ2n) is 2.17. The molecule has 0 saturated heterocycles. The van der Waals surface area contributed by atoms with Crippen LogP contribution >= 0.6 is 0 Å². The van der Waals surface area contributed by atoms with Crippen LogP contribution in [0.5, 0.6) is 0 Å². The van der Waals surface area contributed by atoms with Gasteiger partial charge in [-0.2, -0.15) is 17.6 Å². The molecule has 0 aromatic heterocycles. The van der Waals surface area contributed by atoms with Crippen LogP contribution in [0.25, 0.3) is 0 Å². The van der Waals surface area contributed by atoms with Crippen molar-refractivity contribution in [3.63, 3.8) is 0 Å². The van der Waals surface area contributed by atoms with Gasteiger partial charge in [0.15, 0.2) is 0 Å². The zero-order chi connectivity index (χ0) is 10.7. The first kappa shape index (κ1) is 12.2. The average Bonchev–Trinajstić information content (AvgIpc) is 2.02. The summed E-state index contributed by atoms with van der Waals surface area (Å²) >= 11 is 0. The van der Waals surface area contributed by atoms with Gasteiger partial charge in [0.1, 0.15) is 6.33 Å². The van der Waals surface area contributed by atoms with Crippen LogP contribution in [0.3, 0.4) is 0 Å². The van der Waals surface area contributed by atoms with Crippen LogP contribution in [-0.4, -0.2) is 18.5 Å². The van der Waals surface area contributed by atoms with Crippen LogP contribution in [0.1, 0.15) is 6.42 Å². The van der Waals surface area contributed by atoms with Crippen molar-refractivity contribution in [1.29, 1.82) is 0 Å². The Labute approximate surface area is 69.0 Å². The summed E-state index contributed by atoms with van der Waals surface area (Å²) in [7, 11) is 0. The highest BCUT2D eigenvalue weighted by Gasteiger charge is 2.59. The molecule has 0 fully saturated rings. The molecular formula is C6H5F7. The van der Waals surface area contributed by atoms with E-state index in [1.807, 2.05) is 0 Å². The van der Waals surface area contributed by atoms with E-state index in [0.29, 0.717) is 0 Å². The molecule has 0 N–H and O–H groups in total. The van der Waals surface area contributed by atoms with Crippen molar-refractivity contribution in [2.45, 2.75) is 18.3 Å². The summed E-state index contributed by atoms with van der Waals surface area (Å²) in [6.07, 6.45) is -3.13. The van der Waals surface area contributed by atoms with Gasteiger partial charge in [-0.1, -0.05) is 0 Å². The number of hydrogen-bond acceptors (Lipinski definition) is 0. The van der Waals surface area contributed by atoms with Gasteiger partial charge >= 0.3 is 11.8 Å². The Kier molecular flexibility index (Phi) is 3.74. The number of halogens is 7. The number of alkyl halides is 5. The number of allylic oxidation sites excluding steroid dienone is 1. The summed E-state index contributed by atoms with van der Waals surface area (Å²) in [5.74, 6) is -13.1. The standard InChI is InChI=1S/C6H5F7/c7-2-1-5(10,11)6(12,13)4(9)3-8/h3H,1-2H2. The molecule has 0 nitrogen and oxygen atoms in total. The van der Waals surface area contributed by atoms with Crippen molar-refractivity contribution in [1.82, 2.24) is 0 Å². The second kappa shape index (κ2) is 3.97. The SMILES string of the molecule is FC=C(F)C(F)(F)C(F)(F)CCF. The first-order chi connectivity index (χ1) is 5.79. The van der Waals surface area contributed by atoms with Crippen molar-refractivity contribution < 1.29 is 30.7 Å². The maximum atomic E-state index is 12.2. The minimum Gasteiger partial charge on any atom is -0.251 e. The van der Waals surface area contributed by atoms with Gasteiger partial charge in [0.25, 0.3) is 0 Å².